The summed E-state index contributed by atoms with van der Waals surface area (Å²) >= 11 is -4.91. The van der Waals surface area contributed by atoms with E-state index in [4.69, 9.17) is 17.0 Å². The van der Waals surface area contributed by atoms with Crippen LogP contribution in [0.1, 0.15) is 90.6 Å². The van der Waals surface area contributed by atoms with E-state index < -0.39 is 21.5 Å². The molecule has 0 aromatic heterocycles. The first-order valence-electron chi connectivity index (χ1n) is 17.9. The van der Waals surface area contributed by atoms with E-state index in [0.29, 0.717) is 11.8 Å². The van der Waals surface area contributed by atoms with Crippen molar-refractivity contribution in [3.63, 3.8) is 0 Å². The quantitative estimate of drug-likeness (QED) is 0.164. The summed E-state index contributed by atoms with van der Waals surface area (Å²) in [5, 5.41) is 0. The molecule has 0 spiro atoms. The molecule has 0 fully saturated rings. The molecule has 0 saturated carbocycles. The maximum atomic E-state index is 8.78. The molecule has 48 heavy (non-hydrogen) atoms. The van der Waals surface area contributed by atoms with Crippen molar-refractivity contribution in [2.75, 3.05) is 0 Å². The normalized spacial score (nSPS) is 18.2. The first-order chi connectivity index (χ1) is 22.5. The van der Waals surface area contributed by atoms with Gasteiger partial charge in [0.1, 0.15) is 0 Å². The molecule has 0 amide bonds. The number of hydrogen-bond acceptors (Lipinski definition) is 0. The molecular weight excluding hydrogens is 719 g/mol. The molecule has 2 unspecified atom stereocenters. The van der Waals surface area contributed by atoms with Crippen molar-refractivity contribution in [3.8, 4) is 22.3 Å². The van der Waals surface area contributed by atoms with E-state index in [0.717, 1.165) is 0 Å². The second-order valence-electron chi connectivity index (χ2n) is 15.8. The van der Waals surface area contributed by atoms with Crippen LogP contribution >= 0.6 is 17.0 Å². The Bertz CT molecular complexity index is 1890. The van der Waals surface area contributed by atoms with Crippen LogP contribution in [0.25, 0.3) is 34.4 Å². The third-order valence-corrected chi connectivity index (χ3v) is 64.1. The molecular formula is C44H53Cl2SiZr. The second-order valence-corrected chi connectivity index (χ2v) is 58.3. The SMILES string of the molecule is Cc1ccc(-c2cccc3c2C=C(C(C)C)[CH]3[Zr]([Cl])([Cl])([CH]2C(C(C)C)=Cc3c(-c4ccc(C)c(C)c4C)cccc32)[SiH](C)C)c(C)c1C. The van der Waals surface area contributed by atoms with Crippen LogP contribution < -0.4 is 0 Å². The molecule has 6 rings (SSSR count). The summed E-state index contributed by atoms with van der Waals surface area (Å²) in [7, 11) is 17.6. The van der Waals surface area contributed by atoms with Crippen LogP contribution in [0, 0.1) is 53.4 Å². The molecule has 0 aliphatic heterocycles. The Hall–Kier alpha value is -1.96. The molecule has 0 nitrogen and oxygen atoms in total. The number of hydrogen-bond donors (Lipinski definition) is 0. The Morgan fingerprint density at radius 2 is 0.896 bits per heavy atom. The third-order valence-electron chi connectivity index (χ3n) is 12.4. The fourth-order valence-corrected chi connectivity index (χ4v) is 40.4. The van der Waals surface area contributed by atoms with Crippen molar-refractivity contribution in [3.05, 3.63) is 127 Å². The molecule has 0 heterocycles. The molecule has 0 saturated heterocycles. The number of fused-ring (bicyclic) bond motifs is 2. The second kappa shape index (κ2) is 12.7. The molecule has 0 bridgehead atoms. The third kappa shape index (κ3) is 5.30. The van der Waals surface area contributed by atoms with Crippen LogP contribution in [0.4, 0.5) is 0 Å². The number of rotatable bonds is 7. The van der Waals surface area contributed by atoms with Crippen molar-refractivity contribution in [1.82, 2.24) is 0 Å². The van der Waals surface area contributed by atoms with E-state index in [-0.39, 0.29) is 7.25 Å². The number of aryl methyl sites for hydroxylation is 2. The van der Waals surface area contributed by atoms with E-state index >= 15 is 0 Å². The van der Waals surface area contributed by atoms with Gasteiger partial charge in [0.2, 0.25) is 0 Å². The van der Waals surface area contributed by atoms with Crippen molar-refractivity contribution < 1.29 is 15.6 Å². The average Bonchev–Trinajstić information content (AvgIpc) is 3.64. The fraction of sp³-hybridized carbons (Fsp3) is 0.364. The Labute approximate surface area is 299 Å². The molecule has 2 aliphatic carbocycles. The molecule has 251 valence electrons. The zero-order valence-corrected chi connectivity index (χ0v) is 36.2. The van der Waals surface area contributed by atoms with Gasteiger partial charge in [0.05, 0.1) is 0 Å². The molecule has 2 aliphatic rings. The molecule has 0 radical (unpaired) electrons. The van der Waals surface area contributed by atoms with Crippen LogP contribution in [0.5, 0.6) is 0 Å². The van der Waals surface area contributed by atoms with E-state index in [1.807, 2.05) is 0 Å². The zero-order valence-electron chi connectivity index (χ0n) is 31.1. The molecule has 4 aromatic carbocycles. The van der Waals surface area contributed by atoms with E-state index in [9.17, 15) is 0 Å². The Kier molecular flexibility index (Phi) is 9.46. The zero-order chi connectivity index (χ0) is 35.1. The van der Waals surface area contributed by atoms with Crippen molar-refractivity contribution in [2.24, 2.45) is 11.8 Å². The van der Waals surface area contributed by atoms with Crippen LogP contribution in [0.15, 0.2) is 71.8 Å². The monoisotopic (exact) mass is 769 g/mol. The number of benzene rings is 4. The van der Waals surface area contributed by atoms with Crippen molar-refractivity contribution in [2.45, 2.75) is 89.6 Å². The Balaban J connectivity index is 1.63. The standard InChI is InChI=1S/2C21H23.C2H7Si.2ClH.Zr/c2*1-13(2)18-11-17-7-6-8-20(21(17)12-18)19-10-9-14(3)15(4)16(19)5;1-3-2;;;/h2*6-13H,1-5H3;3H,1-2H3;2*1H;/q;;;;;+2/p-2. The molecule has 2 atom stereocenters. The Morgan fingerprint density at radius 1 is 0.521 bits per heavy atom. The summed E-state index contributed by atoms with van der Waals surface area (Å²) in [6.45, 7) is 27.8. The predicted molar refractivity (Wildman–Crippen MR) is 214 cm³/mol. The van der Waals surface area contributed by atoms with Crippen LogP contribution in [0.3, 0.4) is 0 Å². The maximum absolute atomic E-state index is 8.78. The number of allylic oxidation sites excluding steroid dienone is 2. The van der Waals surface area contributed by atoms with Gasteiger partial charge in [0.15, 0.2) is 0 Å². The topological polar surface area (TPSA) is 0 Å². The van der Waals surface area contributed by atoms with Gasteiger partial charge in [0.25, 0.3) is 0 Å². The van der Waals surface area contributed by atoms with Gasteiger partial charge in [-0.25, -0.2) is 0 Å². The first kappa shape index (κ1) is 35.9. The summed E-state index contributed by atoms with van der Waals surface area (Å²) in [6.07, 6.45) is 5.01. The van der Waals surface area contributed by atoms with Gasteiger partial charge in [-0.15, -0.1) is 0 Å². The molecule has 0 N–H and O–H groups in total. The summed E-state index contributed by atoms with van der Waals surface area (Å²) in [5.41, 5.74) is 21.6. The average molecular weight is 772 g/mol. The minimum absolute atomic E-state index is 0.0772. The van der Waals surface area contributed by atoms with E-state index in [1.165, 1.54) is 89.0 Å². The van der Waals surface area contributed by atoms with Gasteiger partial charge < -0.3 is 0 Å². The van der Waals surface area contributed by atoms with E-state index in [2.05, 4.69) is 155 Å². The van der Waals surface area contributed by atoms with E-state index in [1.54, 1.807) is 0 Å². The van der Waals surface area contributed by atoms with Gasteiger partial charge in [0, 0.05) is 0 Å². The summed E-state index contributed by atoms with van der Waals surface area (Å²) < 4.78 is 0.154. The van der Waals surface area contributed by atoms with Gasteiger partial charge in [-0.05, 0) is 0 Å². The van der Waals surface area contributed by atoms with Crippen LogP contribution in [-0.2, 0) is 15.6 Å². The van der Waals surface area contributed by atoms with Gasteiger partial charge in [-0.3, -0.25) is 0 Å². The van der Waals surface area contributed by atoms with Crippen LogP contribution in [-0.4, -0.2) is 5.92 Å². The van der Waals surface area contributed by atoms with Crippen LogP contribution in [0.2, 0.25) is 13.1 Å². The summed E-state index contributed by atoms with van der Waals surface area (Å²) in [4.78, 5) is 0. The summed E-state index contributed by atoms with van der Waals surface area (Å²) in [6, 6.07) is 23.1. The van der Waals surface area contributed by atoms with Gasteiger partial charge in [-0.2, -0.15) is 0 Å². The molecule has 4 aromatic rings. The van der Waals surface area contributed by atoms with Gasteiger partial charge >= 0.3 is 302 Å². The fourth-order valence-electron chi connectivity index (χ4n) is 8.88. The minimum atomic E-state index is -4.91. The van der Waals surface area contributed by atoms with Gasteiger partial charge in [-0.1, -0.05) is 0 Å². The summed E-state index contributed by atoms with van der Waals surface area (Å²) in [5.74, 6) is -0.990. The predicted octanol–water partition coefficient (Wildman–Crippen LogP) is 13.7. The first-order valence-corrected chi connectivity index (χ1v) is 34.2. The van der Waals surface area contributed by atoms with Crippen molar-refractivity contribution >= 4 is 35.1 Å². The molecule has 4 heteroatoms. The number of halogens is 2. The Morgan fingerprint density at radius 3 is 1.23 bits per heavy atom. The van der Waals surface area contributed by atoms with Crippen molar-refractivity contribution in [1.29, 1.82) is 0 Å².